The monoisotopic (exact) mass is 290 g/mol. The van der Waals surface area contributed by atoms with E-state index < -0.39 is 0 Å². The molecule has 1 heterocycles. The SMILES string of the molecule is Cc1ccc(N)c(C(=O)NC2CCN(CC(N)=O)CC2)c1. The van der Waals surface area contributed by atoms with Crippen LogP contribution in [0.5, 0.6) is 0 Å². The Labute approximate surface area is 124 Å². The van der Waals surface area contributed by atoms with Crippen molar-refractivity contribution in [1.29, 1.82) is 0 Å². The van der Waals surface area contributed by atoms with Gasteiger partial charge in [0.2, 0.25) is 5.91 Å². The van der Waals surface area contributed by atoms with Gasteiger partial charge in [0.1, 0.15) is 0 Å². The molecule has 0 saturated carbocycles. The van der Waals surface area contributed by atoms with Crippen molar-refractivity contribution in [2.24, 2.45) is 5.73 Å². The van der Waals surface area contributed by atoms with Gasteiger partial charge in [-0.3, -0.25) is 14.5 Å². The molecule has 114 valence electrons. The molecule has 1 aliphatic rings. The second-order valence-corrected chi connectivity index (χ2v) is 5.58. The first-order chi connectivity index (χ1) is 9.95. The van der Waals surface area contributed by atoms with Gasteiger partial charge < -0.3 is 16.8 Å². The molecule has 6 nitrogen and oxygen atoms in total. The summed E-state index contributed by atoms with van der Waals surface area (Å²) in [5, 5.41) is 3.02. The third-order valence-corrected chi connectivity index (χ3v) is 3.76. The fraction of sp³-hybridized carbons (Fsp3) is 0.467. The van der Waals surface area contributed by atoms with Crippen LogP contribution < -0.4 is 16.8 Å². The number of nitrogens with one attached hydrogen (secondary N) is 1. The van der Waals surface area contributed by atoms with E-state index in [4.69, 9.17) is 11.5 Å². The van der Waals surface area contributed by atoms with Gasteiger partial charge in [0.15, 0.2) is 0 Å². The predicted molar refractivity (Wildman–Crippen MR) is 81.7 cm³/mol. The largest absolute Gasteiger partial charge is 0.398 e. The number of likely N-dealkylation sites (tertiary alicyclic amines) is 1. The Bertz CT molecular complexity index is 536. The first-order valence-electron chi connectivity index (χ1n) is 7.13. The Morgan fingerprint density at radius 3 is 2.62 bits per heavy atom. The fourth-order valence-corrected chi connectivity index (χ4v) is 2.59. The number of amides is 2. The molecule has 0 spiro atoms. The van der Waals surface area contributed by atoms with Gasteiger partial charge in [0, 0.05) is 24.8 Å². The van der Waals surface area contributed by atoms with Crippen LogP contribution in [0.3, 0.4) is 0 Å². The topological polar surface area (TPSA) is 101 Å². The lowest BCUT2D eigenvalue weighted by Crippen LogP contribution is -2.46. The van der Waals surface area contributed by atoms with E-state index in [0.29, 0.717) is 11.3 Å². The molecule has 2 amide bonds. The van der Waals surface area contributed by atoms with E-state index in [1.807, 2.05) is 17.9 Å². The van der Waals surface area contributed by atoms with Gasteiger partial charge in [0.25, 0.3) is 5.91 Å². The second-order valence-electron chi connectivity index (χ2n) is 5.58. The highest BCUT2D eigenvalue weighted by molar-refractivity contribution is 5.99. The van der Waals surface area contributed by atoms with Crippen LogP contribution in [0, 0.1) is 6.92 Å². The molecule has 1 saturated heterocycles. The zero-order valence-electron chi connectivity index (χ0n) is 12.3. The van der Waals surface area contributed by atoms with E-state index in [2.05, 4.69) is 5.32 Å². The highest BCUT2D eigenvalue weighted by Crippen LogP contribution is 2.16. The van der Waals surface area contributed by atoms with Gasteiger partial charge in [-0.15, -0.1) is 0 Å². The molecule has 1 aromatic carbocycles. The highest BCUT2D eigenvalue weighted by Gasteiger charge is 2.22. The summed E-state index contributed by atoms with van der Waals surface area (Å²) in [6.45, 7) is 3.73. The average molecular weight is 290 g/mol. The van der Waals surface area contributed by atoms with Gasteiger partial charge in [-0.05, 0) is 31.9 Å². The normalized spacial score (nSPS) is 16.6. The Kier molecular flexibility index (Phi) is 4.80. The maximum Gasteiger partial charge on any atom is 0.253 e. The molecule has 1 aromatic rings. The Hall–Kier alpha value is -2.08. The van der Waals surface area contributed by atoms with Crippen LogP contribution >= 0.6 is 0 Å². The smallest absolute Gasteiger partial charge is 0.253 e. The van der Waals surface area contributed by atoms with Crippen LogP contribution in [0.2, 0.25) is 0 Å². The first-order valence-corrected chi connectivity index (χ1v) is 7.13. The summed E-state index contributed by atoms with van der Waals surface area (Å²) in [6, 6.07) is 5.54. The van der Waals surface area contributed by atoms with Gasteiger partial charge in [-0.1, -0.05) is 11.6 Å². The minimum atomic E-state index is -0.315. The van der Waals surface area contributed by atoms with Gasteiger partial charge >= 0.3 is 0 Å². The molecule has 1 fully saturated rings. The van der Waals surface area contributed by atoms with Gasteiger partial charge in [-0.25, -0.2) is 0 Å². The minimum Gasteiger partial charge on any atom is -0.398 e. The van der Waals surface area contributed by atoms with Crippen LogP contribution in [0.15, 0.2) is 18.2 Å². The van der Waals surface area contributed by atoms with Crippen molar-refractivity contribution in [2.75, 3.05) is 25.4 Å². The van der Waals surface area contributed by atoms with Crippen LogP contribution in [-0.2, 0) is 4.79 Å². The lowest BCUT2D eigenvalue weighted by Gasteiger charge is -2.31. The molecular formula is C15H22N4O2. The zero-order chi connectivity index (χ0) is 15.4. The quantitative estimate of drug-likeness (QED) is 0.692. The molecule has 5 N–H and O–H groups in total. The number of carbonyl (C=O) groups is 2. The van der Waals surface area contributed by atoms with Crippen molar-refractivity contribution < 1.29 is 9.59 Å². The summed E-state index contributed by atoms with van der Waals surface area (Å²) >= 11 is 0. The minimum absolute atomic E-state index is 0.113. The zero-order valence-corrected chi connectivity index (χ0v) is 12.3. The number of aryl methyl sites for hydroxylation is 1. The van der Waals surface area contributed by atoms with E-state index in [0.717, 1.165) is 31.5 Å². The molecule has 0 aromatic heterocycles. The number of rotatable bonds is 4. The summed E-state index contributed by atoms with van der Waals surface area (Å²) in [6.07, 6.45) is 1.62. The van der Waals surface area contributed by atoms with E-state index in [1.54, 1.807) is 12.1 Å². The molecule has 2 rings (SSSR count). The van der Waals surface area contributed by atoms with Crippen LogP contribution in [-0.4, -0.2) is 42.4 Å². The lowest BCUT2D eigenvalue weighted by atomic mass is 10.0. The average Bonchev–Trinajstić information content (AvgIpc) is 2.43. The van der Waals surface area contributed by atoms with Crippen molar-refractivity contribution in [3.63, 3.8) is 0 Å². The van der Waals surface area contributed by atoms with Crippen molar-refractivity contribution in [2.45, 2.75) is 25.8 Å². The molecular weight excluding hydrogens is 268 g/mol. The molecule has 0 bridgehead atoms. The molecule has 0 aliphatic carbocycles. The standard InChI is InChI=1S/C15H22N4O2/c1-10-2-3-13(16)12(8-10)15(21)18-11-4-6-19(7-5-11)9-14(17)20/h2-3,8,11H,4-7,9,16H2,1H3,(H2,17,20)(H,18,21). The van der Waals surface area contributed by atoms with Crippen molar-refractivity contribution in [1.82, 2.24) is 10.2 Å². The van der Waals surface area contributed by atoms with Crippen molar-refractivity contribution in [3.05, 3.63) is 29.3 Å². The summed E-state index contributed by atoms with van der Waals surface area (Å²) in [5.74, 6) is -0.449. The van der Waals surface area contributed by atoms with Crippen LogP contribution in [0.4, 0.5) is 5.69 Å². The number of anilines is 1. The molecule has 6 heteroatoms. The first kappa shape index (κ1) is 15.3. The number of nitrogens with two attached hydrogens (primary N) is 2. The van der Waals surface area contributed by atoms with Gasteiger partial charge in [0.05, 0.1) is 12.1 Å². The number of carbonyl (C=O) groups excluding carboxylic acids is 2. The van der Waals surface area contributed by atoms with Crippen LogP contribution in [0.1, 0.15) is 28.8 Å². The second kappa shape index (κ2) is 6.58. The summed E-state index contributed by atoms with van der Waals surface area (Å²) in [7, 11) is 0. The number of primary amides is 1. The molecule has 0 atom stereocenters. The molecule has 0 unspecified atom stereocenters. The molecule has 0 radical (unpaired) electrons. The van der Waals surface area contributed by atoms with Gasteiger partial charge in [-0.2, -0.15) is 0 Å². The number of piperidine rings is 1. The summed E-state index contributed by atoms with van der Waals surface area (Å²) < 4.78 is 0. The maximum atomic E-state index is 12.3. The van der Waals surface area contributed by atoms with E-state index >= 15 is 0 Å². The number of nitrogen functional groups attached to an aromatic ring is 1. The Morgan fingerprint density at radius 1 is 1.33 bits per heavy atom. The van der Waals surface area contributed by atoms with Crippen molar-refractivity contribution in [3.8, 4) is 0 Å². The Balaban J connectivity index is 1.90. The summed E-state index contributed by atoms with van der Waals surface area (Å²) in [4.78, 5) is 25.2. The summed E-state index contributed by atoms with van der Waals surface area (Å²) in [5.41, 5.74) is 13.1. The highest BCUT2D eigenvalue weighted by atomic mass is 16.2. The maximum absolute atomic E-state index is 12.3. The lowest BCUT2D eigenvalue weighted by molar-refractivity contribution is -0.119. The number of hydrogen-bond acceptors (Lipinski definition) is 4. The van der Waals surface area contributed by atoms with Crippen LogP contribution in [0.25, 0.3) is 0 Å². The number of hydrogen-bond donors (Lipinski definition) is 3. The molecule has 21 heavy (non-hydrogen) atoms. The number of nitrogens with zero attached hydrogens (tertiary/aromatic N) is 1. The van der Waals surface area contributed by atoms with E-state index in [1.165, 1.54) is 0 Å². The third-order valence-electron chi connectivity index (χ3n) is 3.76. The Morgan fingerprint density at radius 2 is 2.00 bits per heavy atom. The van der Waals surface area contributed by atoms with Crippen molar-refractivity contribution >= 4 is 17.5 Å². The predicted octanol–water partition coefficient (Wildman–Crippen LogP) is 0.257. The fourth-order valence-electron chi connectivity index (χ4n) is 2.59. The van der Waals surface area contributed by atoms with E-state index in [9.17, 15) is 9.59 Å². The third kappa shape index (κ3) is 4.19. The van der Waals surface area contributed by atoms with E-state index in [-0.39, 0.29) is 24.4 Å². The number of benzene rings is 1. The molecule has 1 aliphatic heterocycles.